The fourth-order valence-corrected chi connectivity index (χ4v) is 17.6. The molecule has 0 saturated carbocycles. The van der Waals surface area contributed by atoms with Gasteiger partial charge in [0.15, 0.2) is 0 Å². The molecule has 0 aliphatic carbocycles. The fraction of sp³-hybridized carbons (Fsp3) is 0.731. The third-order valence-electron chi connectivity index (χ3n) is 12.0. The molecule has 88 heavy (non-hydrogen) atoms. The van der Waals surface area contributed by atoms with Crippen LogP contribution in [0.4, 0.5) is 0 Å². The van der Waals surface area contributed by atoms with Gasteiger partial charge in [-0.05, 0) is 0 Å². The van der Waals surface area contributed by atoms with Gasteiger partial charge in [0.2, 0.25) is 0 Å². The normalized spacial score (nSPS) is 31.7. The van der Waals surface area contributed by atoms with Crippen molar-refractivity contribution in [3.63, 3.8) is 0 Å². The molecule has 20 atom stereocenters. The number of rotatable bonds is 25. The van der Waals surface area contributed by atoms with Gasteiger partial charge in [-0.2, -0.15) is 0 Å². The van der Waals surface area contributed by atoms with E-state index in [0.29, 0.717) is 0 Å². The minimum atomic E-state index is -2.00. The van der Waals surface area contributed by atoms with Crippen molar-refractivity contribution in [1.82, 2.24) is 0 Å². The molecule has 0 amide bonds. The Hall–Kier alpha value is -6.62. The molecule has 0 radical (unpaired) electrons. The Morgan fingerprint density at radius 1 is 0.239 bits per heavy atom. The first-order valence-electron chi connectivity index (χ1n) is 26.7. The molecule has 0 aromatic rings. The van der Waals surface area contributed by atoms with Crippen LogP contribution in [0, 0.1) is 0 Å². The molecule has 34 nitrogen and oxygen atoms in total. The summed E-state index contributed by atoms with van der Waals surface area (Å²) in [4.78, 5) is 178. The van der Waals surface area contributed by atoms with Crippen molar-refractivity contribution in [2.75, 3.05) is 26.4 Å². The predicted octanol–water partition coefficient (Wildman–Crippen LogP) is -2.45. The van der Waals surface area contributed by atoms with E-state index in [1.165, 1.54) is 0 Å². The van der Waals surface area contributed by atoms with Crippen LogP contribution in [0.2, 0.25) is 0 Å². The molecule has 4 aliphatic rings. The van der Waals surface area contributed by atoms with Crippen molar-refractivity contribution in [3.05, 3.63) is 0 Å². The molecule has 4 rings (SSSR count). The number of carbonyl (C=O) groups excluding carboxylic acids is 14. The summed E-state index contributed by atoms with van der Waals surface area (Å²) in [6.45, 7) is 11.0. The van der Waals surface area contributed by atoms with Crippen LogP contribution in [-0.4, -0.2) is 257 Å². The van der Waals surface area contributed by atoms with Gasteiger partial charge in [-0.25, -0.2) is 0 Å². The van der Waals surface area contributed by atoms with Crippen LogP contribution >= 0.6 is 0 Å². The Morgan fingerprint density at radius 2 is 0.432 bits per heavy atom. The van der Waals surface area contributed by atoms with Crippen molar-refractivity contribution in [2.24, 2.45) is 0 Å². The maximum atomic E-state index is 13.2. The molecule has 0 N–H and O–H groups in total. The third kappa shape index (κ3) is 22.8. The average Bonchev–Trinajstić information content (AvgIpc) is 0.937. The zero-order valence-corrected chi connectivity index (χ0v) is 53.5. The first-order chi connectivity index (χ1) is 41.1. The summed E-state index contributed by atoms with van der Waals surface area (Å²) in [6, 6.07) is 0. The van der Waals surface area contributed by atoms with Gasteiger partial charge in [0.25, 0.3) is 0 Å². The van der Waals surface area contributed by atoms with Gasteiger partial charge >= 0.3 is 515 Å². The molecule has 494 valence electrons. The number of ether oxygens (including phenoxy) is 20. The summed E-state index contributed by atoms with van der Waals surface area (Å²) in [5, 5.41) is -2.88. The zero-order chi connectivity index (χ0) is 66.0. The number of carbonyl (C=O) groups is 14. The maximum absolute atomic E-state index is 13.2. The van der Waals surface area contributed by atoms with Crippen LogP contribution < -0.4 is 0 Å². The van der Waals surface area contributed by atoms with Crippen molar-refractivity contribution in [3.8, 4) is 0 Å². The molecule has 36 heteroatoms. The summed E-state index contributed by atoms with van der Waals surface area (Å²) >= 11 is -2.41. The van der Waals surface area contributed by atoms with E-state index in [4.69, 9.17) is 94.7 Å². The average molecular weight is 1400 g/mol. The Balaban J connectivity index is 1.90. The van der Waals surface area contributed by atoms with Crippen LogP contribution in [0.15, 0.2) is 0 Å². The zero-order valence-electron chi connectivity index (χ0n) is 50.1. The molecule has 4 saturated heterocycles. The fourth-order valence-electron chi connectivity index (χ4n) is 9.21. The second-order valence-corrected chi connectivity index (χ2v) is 26.5. The first-order valence-corrected chi connectivity index (χ1v) is 33.0. The van der Waals surface area contributed by atoms with Gasteiger partial charge in [-0.3, -0.25) is 0 Å². The van der Waals surface area contributed by atoms with E-state index in [1.54, 1.807) is 0 Å². The summed E-state index contributed by atoms with van der Waals surface area (Å²) in [6.07, 6.45) is -31.8. The Bertz CT molecular complexity index is 2390. The number of hydrogen-bond donors (Lipinski definition) is 0. The van der Waals surface area contributed by atoms with Crippen molar-refractivity contribution < 1.29 is 162 Å². The summed E-state index contributed by atoms with van der Waals surface area (Å²) in [5.41, 5.74) is 0. The molecule has 0 aromatic heterocycles. The summed E-state index contributed by atoms with van der Waals surface area (Å²) < 4.78 is 116. The quantitative estimate of drug-likeness (QED) is 0.0520. The van der Waals surface area contributed by atoms with Gasteiger partial charge in [-0.15, -0.1) is 0 Å². The molecule has 0 aromatic carbocycles. The molecule has 0 spiro atoms. The first kappa shape index (κ1) is 73.8. The summed E-state index contributed by atoms with van der Waals surface area (Å²) in [7, 11) is 0. The second-order valence-electron chi connectivity index (χ2n) is 19.5. The van der Waals surface area contributed by atoms with E-state index in [2.05, 4.69) is 0 Å². The number of esters is 14. The van der Waals surface area contributed by atoms with Gasteiger partial charge in [-0.1, -0.05) is 0 Å². The predicted molar refractivity (Wildman–Crippen MR) is 278 cm³/mol. The number of hydrogen-bond acceptors (Lipinski definition) is 34. The summed E-state index contributed by atoms with van der Waals surface area (Å²) in [5.74, 6) is -13.5. The molecule has 0 bridgehead atoms. The Labute approximate surface area is 513 Å². The van der Waals surface area contributed by atoms with Crippen LogP contribution in [0.3, 0.4) is 0 Å². The van der Waals surface area contributed by atoms with Gasteiger partial charge in [0.1, 0.15) is 0 Å². The Morgan fingerprint density at radius 3 is 0.659 bits per heavy atom. The monoisotopic (exact) mass is 1400 g/mol. The third-order valence-corrected chi connectivity index (χ3v) is 20.0. The minimum absolute atomic E-state index is 0.702. The molecule has 4 fully saturated rings. The van der Waals surface area contributed by atoms with E-state index in [9.17, 15) is 67.1 Å². The van der Waals surface area contributed by atoms with Crippen LogP contribution in [0.5, 0.6) is 0 Å². The van der Waals surface area contributed by atoms with E-state index in [0.717, 1.165) is 96.9 Å². The van der Waals surface area contributed by atoms with E-state index >= 15 is 0 Å². The van der Waals surface area contributed by atoms with E-state index in [-0.39, 0.29) is 0 Å². The van der Waals surface area contributed by atoms with Crippen molar-refractivity contribution in [2.45, 2.75) is 217 Å². The molecule has 4 heterocycles. The van der Waals surface area contributed by atoms with Crippen LogP contribution in [0.25, 0.3) is 0 Å². The standard InChI is InChI=1S/C52H70O34Se2/c1-19(53)67-15-33-37(71-23(5)57)41(73-25(7)59)45(77-29(11)63)49(81-33)85-39-35(17-69-21(3)55)83-51(47(79-31(13)65)43(39)75-27(9)61)87-88-52-48(80-32(14)66)44(76-28(10)62)40(36(84-52)18-70-22(4)56)86-50-46(78-30(12)64)42(74-26(8)60)38(72-24(6)58)34(82-50)16-68-20(2)54/h33-52H,15-18H2,1-14H3/t33-,34-,35-,36-,37+,38+,39-,40-,41+,42+,43+,44+,45-,46-,47-,48-,49+,50+,51+,52+/m1/s1. The van der Waals surface area contributed by atoms with E-state index in [1.807, 2.05) is 0 Å². The Kier molecular flexibility index (Phi) is 28.8. The van der Waals surface area contributed by atoms with Crippen molar-refractivity contribution in [1.29, 1.82) is 0 Å². The van der Waals surface area contributed by atoms with Gasteiger partial charge in [0.05, 0.1) is 0 Å². The molecule has 4 aliphatic heterocycles. The van der Waals surface area contributed by atoms with Gasteiger partial charge in [0, 0.05) is 0 Å². The molecular weight excluding hydrogens is 1330 g/mol. The van der Waals surface area contributed by atoms with Crippen molar-refractivity contribution >= 4 is 110 Å². The van der Waals surface area contributed by atoms with E-state index < -0.39 is 257 Å². The second kappa shape index (κ2) is 34.4. The molecule has 0 unspecified atom stereocenters. The SMILES string of the molecule is CC(=O)OC[C@H]1O[C@@H](O[C@H]2[C@H](OC(C)=O)[C@@H](OC(C)=O)[C@H]([Se][Se][C@@H]3O[C@H](COC(C)=O)[C@@H](O[C@@H]4O[C@H](COC(C)=O)[C@H](OC(C)=O)[C@H](OC(C)=O)[C@H]4OC(C)=O)[C@H](OC(C)=O)[C@H]3OC(C)=O)O[C@@H]2COC(C)=O)[C@H](OC(C)=O)[C@@H](OC(C)=O)[C@H]1OC(C)=O. The van der Waals surface area contributed by atoms with Gasteiger partial charge < -0.3 is 0 Å². The van der Waals surface area contributed by atoms with Crippen LogP contribution in [0.1, 0.15) is 96.9 Å². The molecular formula is C52H70O34Se2. The topological polar surface area (TPSA) is 424 Å². The van der Waals surface area contributed by atoms with Crippen LogP contribution in [-0.2, 0) is 162 Å².